The fourth-order valence-corrected chi connectivity index (χ4v) is 2.95. The van der Waals surface area contributed by atoms with Gasteiger partial charge in [0.05, 0.1) is 6.61 Å². The summed E-state index contributed by atoms with van der Waals surface area (Å²) in [4.78, 5) is 25.7. The van der Waals surface area contributed by atoms with Crippen molar-refractivity contribution in [2.75, 3.05) is 26.8 Å². The molecule has 2 atom stereocenters. The molecule has 0 saturated carbocycles. The molecule has 0 aromatic carbocycles. The Labute approximate surface area is 118 Å². The second kappa shape index (κ2) is 6.11. The van der Waals surface area contributed by atoms with E-state index >= 15 is 0 Å². The van der Waals surface area contributed by atoms with Gasteiger partial charge in [-0.1, -0.05) is 6.42 Å². The summed E-state index contributed by atoms with van der Waals surface area (Å²) in [7, 11) is 0.928. The summed E-state index contributed by atoms with van der Waals surface area (Å²) in [5, 5.41) is 8.84. The van der Waals surface area contributed by atoms with Crippen molar-refractivity contribution in [3.05, 3.63) is 0 Å². The SMILES string of the molecule is COB1CCC[C@H]2CN(C(=O)CCO)C[C@@]2(N)C(=O)O1. The minimum Gasteiger partial charge on any atom is -0.508 e. The van der Waals surface area contributed by atoms with Gasteiger partial charge in [0.15, 0.2) is 0 Å². The van der Waals surface area contributed by atoms with Crippen LogP contribution in [0.25, 0.3) is 0 Å². The molecule has 8 heteroatoms. The minimum atomic E-state index is -1.16. The lowest BCUT2D eigenvalue weighted by Crippen LogP contribution is -2.58. The monoisotopic (exact) mass is 284 g/mol. The van der Waals surface area contributed by atoms with Crippen molar-refractivity contribution in [2.24, 2.45) is 11.7 Å². The van der Waals surface area contributed by atoms with E-state index in [0.717, 1.165) is 12.8 Å². The molecule has 7 nitrogen and oxygen atoms in total. The third-order valence-corrected chi connectivity index (χ3v) is 4.17. The van der Waals surface area contributed by atoms with E-state index in [0.29, 0.717) is 12.9 Å². The summed E-state index contributed by atoms with van der Waals surface area (Å²) in [6, 6.07) is 0. The number of amides is 1. The maximum atomic E-state index is 12.3. The van der Waals surface area contributed by atoms with Gasteiger partial charge >= 0.3 is 13.1 Å². The fraction of sp³-hybridized carbons (Fsp3) is 0.833. The van der Waals surface area contributed by atoms with Crippen LogP contribution in [-0.4, -0.2) is 61.3 Å². The van der Waals surface area contributed by atoms with E-state index in [-0.39, 0.29) is 31.4 Å². The van der Waals surface area contributed by atoms with E-state index in [4.69, 9.17) is 20.1 Å². The predicted octanol–water partition coefficient (Wildman–Crippen LogP) is -1.00. The predicted molar refractivity (Wildman–Crippen MR) is 71.6 cm³/mol. The minimum absolute atomic E-state index is 0.0541. The molecule has 2 rings (SSSR count). The summed E-state index contributed by atoms with van der Waals surface area (Å²) in [5.74, 6) is -0.788. The van der Waals surface area contributed by atoms with Crippen LogP contribution >= 0.6 is 0 Å². The number of carbonyl (C=O) groups excluding carboxylic acids is 2. The van der Waals surface area contributed by atoms with Gasteiger partial charge in [0.2, 0.25) is 5.91 Å². The smallest absolute Gasteiger partial charge is 0.508 e. The summed E-state index contributed by atoms with van der Waals surface area (Å²) in [6.45, 7) is 0.390. The Balaban J connectivity index is 2.12. The van der Waals surface area contributed by atoms with Crippen LogP contribution in [0.4, 0.5) is 0 Å². The number of nitrogens with two attached hydrogens (primary N) is 1. The fourth-order valence-electron chi connectivity index (χ4n) is 2.95. The molecule has 112 valence electrons. The topological polar surface area (TPSA) is 102 Å². The van der Waals surface area contributed by atoms with Gasteiger partial charge < -0.3 is 25.0 Å². The molecule has 0 aliphatic carbocycles. The lowest BCUT2D eigenvalue weighted by Gasteiger charge is -2.31. The zero-order valence-electron chi connectivity index (χ0n) is 11.7. The summed E-state index contributed by atoms with van der Waals surface area (Å²) in [5.41, 5.74) is 5.07. The van der Waals surface area contributed by atoms with Gasteiger partial charge in [-0.15, -0.1) is 0 Å². The van der Waals surface area contributed by atoms with Gasteiger partial charge in [-0.05, 0) is 12.7 Å². The zero-order chi connectivity index (χ0) is 14.8. The third-order valence-electron chi connectivity index (χ3n) is 4.17. The van der Waals surface area contributed by atoms with Crippen molar-refractivity contribution in [1.82, 2.24) is 4.90 Å². The molecule has 0 bridgehead atoms. The highest BCUT2D eigenvalue weighted by atomic mass is 16.6. The Morgan fingerprint density at radius 3 is 3.10 bits per heavy atom. The zero-order valence-corrected chi connectivity index (χ0v) is 11.7. The number of hydrogen-bond acceptors (Lipinski definition) is 6. The second-order valence-corrected chi connectivity index (χ2v) is 5.49. The Hall–Kier alpha value is -1.12. The van der Waals surface area contributed by atoms with Gasteiger partial charge in [-0.3, -0.25) is 9.59 Å². The van der Waals surface area contributed by atoms with E-state index in [9.17, 15) is 9.59 Å². The molecule has 2 fully saturated rings. The van der Waals surface area contributed by atoms with Gasteiger partial charge in [0.25, 0.3) is 0 Å². The van der Waals surface area contributed by atoms with E-state index in [1.165, 1.54) is 7.11 Å². The number of nitrogens with zero attached hydrogens (tertiary/aromatic N) is 1. The molecule has 2 aliphatic rings. The molecule has 0 spiro atoms. The van der Waals surface area contributed by atoms with E-state index in [2.05, 4.69) is 0 Å². The highest BCUT2D eigenvalue weighted by molar-refractivity contribution is 6.47. The first-order valence-electron chi connectivity index (χ1n) is 6.92. The van der Waals surface area contributed by atoms with E-state index < -0.39 is 18.6 Å². The Morgan fingerprint density at radius 1 is 1.70 bits per heavy atom. The van der Waals surface area contributed by atoms with Crippen LogP contribution < -0.4 is 5.73 Å². The third kappa shape index (κ3) is 2.82. The summed E-state index contributed by atoms with van der Waals surface area (Å²) in [6.07, 6.45) is 2.28. The van der Waals surface area contributed by atoms with Crippen LogP contribution in [0.3, 0.4) is 0 Å². The molecule has 1 amide bonds. The van der Waals surface area contributed by atoms with Crippen molar-refractivity contribution in [2.45, 2.75) is 31.1 Å². The molecular formula is C12H21BN2O5. The Morgan fingerprint density at radius 2 is 2.45 bits per heavy atom. The molecule has 2 aliphatic heterocycles. The second-order valence-electron chi connectivity index (χ2n) is 5.49. The van der Waals surface area contributed by atoms with Crippen molar-refractivity contribution in [3.8, 4) is 0 Å². The van der Waals surface area contributed by atoms with Crippen LogP contribution in [-0.2, 0) is 18.9 Å². The molecule has 2 saturated heterocycles. The molecular weight excluding hydrogens is 263 g/mol. The Kier molecular flexibility index (Phi) is 4.67. The van der Waals surface area contributed by atoms with Crippen LogP contribution in [0, 0.1) is 5.92 Å². The van der Waals surface area contributed by atoms with Crippen LogP contribution in [0.5, 0.6) is 0 Å². The largest absolute Gasteiger partial charge is 0.527 e. The van der Waals surface area contributed by atoms with Crippen molar-refractivity contribution >= 4 is 19.0 Å². The number of fused-ring (bicyclic) bond motifs is 1. The number of hydrogen-bond donors (Lipinski definition) is 2. The standard InChI is InChI=1S/C12H21BN2O5/c1-19-13-5-2-3-9-7-15(10(17)4-6-16)8-12(9,14)11(18)20-13/h9,16H,2-8,14H2,1H3/t9-,12-/m0/s1. The average Bonchev–Trinajstić information content (AvgIpc) is 2.75. The normalized spacial score (nSPS) is 30.6. The van der Waals surface area contributed by atoms with E-state index in [1.54, 1.807) is 4.90 Å². The van der Waals surface area contributed by atoms with Crippen molar-refractivity contribution in [1.29, 1.82) is 0 Å². The summed E-state index contributed by atoms with van der Waals surface area (Å²) < 4.78 is 10.4. The molecule has 2 heterocycles. The van der Waals surface area contributed by atoms with Crippen LogP contribution in [0.15, 0.2) is 0 Å². The number of aliphatic hydroxyl groups is 1. The number of likely N-dealkylation sites (tertiary alicyclic amines) is 1. The maximum absolute atomic E-state index is 12.3. The summed E-state index contributed by atoms with van der Waals surface area (Å²) >= 11 is 0. The van der Waals surface area contributed by atoms with Gasteiger partial charge in [0, 0.05) is 32.5 Å². The van der Waals surface area contributed by atoms with Crippen molar-refractivity contribution in [3.63, 3.8) is 0 Å². The first-order chi connectivity index (χ1) is 9.51. The first-order valence-corrected chi connectivity index (χ1v) is 6.92. The van der Waals surface area contributed by atoms with Crippen molar-refractivity contribution < 1.29 is 24.0 Å². The maximum Gasteiger partial charge on any atom is 0.527 e. The van der Waals surface area contributed by atoms with Gasteiger partial charge in [-0.2, -0.15) is 0 Å². The van der Waals surface area contributed by atoms with Gasteiger partial charge in [-0.25, -0.2) is 0 Å². The highest BCUT2D eigenvalue weighted by Gasteiger charge is 2.52. The molecule has 0 unspecified atom stereocenters. The first kappa shape index (κ1) is 15.3. The molecule has 0 aromatic heterocycles. The number of aliphatic hydroxyl groups excluding tert-OH is 1. The molecule has 3 N–H and O–H groups in total. The van der Waals surface area contributed by atoms with Gasteiger partial charge in [0.1, 0.15) is 5.54 Å². The van der Waals surface area contributed by atoms with Crippen LogP contribution in [0.1, 0.15) is 19.3 Å². The quantitative estimate of drug-likeness (QED) is 0.644. The number of rotatable bonds is 3. The van der Waals surface area contributed by atoms with E-state index in [1.807, 2.05) is 0 Å². The highest BCUT2D eigenvalue weighted by Crippen LogP contribution is 2.33. The molecule has 0 aromatic rings. The lowest BCUT2D eigenvalue weighted by molar-refractivity contribution is -0.143. The number of carbonyl (C=O) groups is 2. The lowest BCUT2D eigenvalue weighted by atomic mass is 9.75. The molecule has 0 radical (unpaired) electrons. The van der Waals surface area contributed by atoms with Crippen LogP contribution in [0.2, 0.25) is 6.32 Å². The molecule has 20 heavy (non-hydrogen) atoms. The average molecular weight is 284 g/mol. The Bertz CT molecular complexity index is 394.